The molecule has 0 saturated carbocycles. The average Bonchev–Trinajstić information content (AvgIpc) is 3.10. The van der Waals surface area contributed by atoms with E-state index >= 15 is 0 Å². The molecule has 3 aromatic carbocycles. The number of amides is 1. The summed E-state index contributed by atoms with van der Waals surface area (Å²) in [6, 6.07) is 21.4. The molecule has 0 spiro atoms. The van der Waals surface area contributed by atoms with Gasteiger partial charge in [0.2, 0.25) is 5.76 Å². The number of fused-ring (bicyclic) bond motifs is 2. The molecule has 160 valence electrons. The number of ether oxygens (including phenoxy) is 1. The van der Waals surface area contributed by atoms with Crippen LogP contribution in [0, 0.1) is 0 Å². The number of hydrogen-bond donors (Lipinski definition) is 0. The Balaban J connectivity index is 1.59. The summed E-state index contributed by atoms with van der Waals surface area (Å²) in [7, 11) is 1.62. The van der Waals surface area contributed by atoms with E-state index in [1.54, 1.807) is 48.4 Å². The average molecular weight is 446 g/mol. The molecule has 4 aromatic rings. The summed E-state index contributed by atoms with van der Waals surface area (Å²) in [5.41, 5.74) is 2.43. The van der Waals surface area contributed by atoms with Gasteiger partial charge >= 0.3 is 0 Å². The van der Waals surface area contributed by atoms with Crippen LogP contribution in [0.2, 0.25) is 5.02 Å². The Bertz CT molecular complexity index is 1380. The number of rotatable bonds is 5. The fraction of sp³-hybridized carbons (Fsp3) is 0.154. The third-order valence-corrected chi connectivity index (χ3v) is 6.07. The lowest BCUT2D eigenvalue weighted by Crippen LogP contribution is -2.31. The summed E-state index contributed by atoms with van der Waals surface area (Å²) in [5, 5.41) is 1.01. The molecule has 0 fully saturated rings. The Morgan fingerprint density at radius 3 is 2.53 bits per heavy atom. The lowest BCUT2D eigenvalue weighted by molar-refractivity contribution is 0.0730. The van der Waals surface area contributed by atoms with Crippen LogP contribution in [-0.2, 0) is 6.42 Å². The van der Waals surface area contributed by atoms with Gasteiger partial charge in [-0.15, -0.1) is 0 Å². The maximum atomic E-state index is 13.4. The second-order valence-electron chi connectivity index (χ2n) is 7.72. The van der Waals surface area contributed by atoms with Gasteiger partial charge in [0, 0.05) is 11.6 Å². The number of para-hydroxylation sites is 1. The topological polar surface area (TPSA) is 59.8 Å². The minimum absolute atomic E-state index is 0.105. The Morgan fingerprint density at radius 2 is 1.78 bits per heavy atom. The Hall–Kier alpha value is -3.57. The molecule has 1 amide bonds. The normalized spacial score (nSPS) is 15.2. The summed E-state index contributed by atoms with van der Waals surface area (Å²) in [4.78, 5) is 28.6. The molecule has 0 N–H and O–H groups in total. The van der Waals surface area contributed by atoms with Crippen LogP contribution in [-0.4, -0.2) is 24.5 Å². The maximum absolute atomic E-state index is 13.4. The number of methoxy groups -OCH3 is 1. The molecule has 0 bridgehead atoms. The Morgan fingerprint density at radius 1 is 1.00 bits per heavy atom. The molecule has 1 aliphatic heterocycles. The number of halogens is 1. The molecule has 1 aromatic heterocycles. The first-order valence-electron chi connectivity index (χ1n) is 10.3. The smallest absolute Gasteiger partial charge is 0.290 e. The van der Waals surface area contributed by atoms with Crippen molar-refractivity contribution >= 4 is 28.5 Å². The van der Waals surface area contributed by atoms with Crippen molar-refractivity contribution in [1.29, 1.82) is 0 Å². The molecule has 0 unspecified atom stereocenters. The number of nitrogens with zero attached hydrogens (tertiary/aromatic N) is 1. The SMILES string of the molecule is COc1ccc(CCN2C(=O)c3oc4ccccc4c(=O)c3[C@@H]2c2cccc(Cl)c2)cc1. The Kier molecular flexibility index (Phi) is 5.19. The molecular formula is C26H20ClNO4. The highest BCUT2D eigenvalue weighted by atomic mass is 35.5. The fourth-order valence-corrected chi connectivity index (χ4v) is 4.46. The fourth-order valence-electron chi connectivity index (χ4n) is 4.26. The van der Waals surface area contributed by atoms with Gasteiger partial charge in [0.05, 0.1) is 24.1 Å². The van der Waals surface area contributed by atoms with Gasteiger partial charge in [0.15, 0.2) is 5.43 Å². The highest BCUT2D eigenvalue weighted by molar-refractivity contribution is 6.30. The molecule has 2 heterocycles. The molecule has 1 atom stereocenters. The van der Waals surface area contributed by atoms with Crippen LogP contribution < -0.4 is 10.2 Å². The summed E-state index contributed by atoms with van der Waals surface area (Å²) >= 11 is 6.25. The monoisotopic (exact) mass is 445 g/mol. The van der Waals surface area contributed by atoms with Crippen LogP contribution in [0.25, 0.3) is 11.0 Å². The standard InChI is InChI=1S/C26H20ClNO4/c1-31-19-11-9-16(10-12-19)13-14-28-23(17-5-4-6-18(27)15-17)22-24(29)20-7-2-3-8-21(20)32-25(22)26(28)30/h2-12,15,23H,13-14H2,1H3/t23-/m0/s1. The van der Waals surface area contributed by atoms with Gasteiger partial charge in [0.1, 0.15) is 11.3 Å². The van der Waals surface area contributed by atoms with Crippen molar-refractivity contribution in [3.63, 3.8) is 0 Å². The van der Waals surface area contributed by atoms with E-state index in [1.165, 1.54) is 0 Å². The third-order valence-electron chi connectivity index (χ3n) is 5.84. The summed E-state index contributed by atoms with van der Waals surface area (Å²) in [6.07, 6.45) is 0.620. The summed E-state index contributed by atoms with van der Waals surface area (Å²) in [6.45, 7) is 0.419. The zero-order valence-corrected chi connectivity index (χ0v) is 18.1. The van der Waals surface area contributed by atoms with Gasteiger partial charge in [-0.3, -0.25) is 9.59 Å². The molecule has 1 aliphatic rings. The minimum Gasteiger partial charge on any atom is -0.497 e. The molecule has 0 radical (unpaired) electrons. The van der Waals surface area contributed by atoms with E-state index in [2.05, 4.69) is 0 Å². The van der Waals surface area contributed by atoms with Gasteiger partial charge in [-0.25, -0.2) is 0 Å². The largest absolute Gasteiger partial charge is 0.497 e. The van der Waals surface area contributed by atoms with Crippen molar-refractivity contribution in [2.75, 3.05) is 13.7 Å². The number of carbonyl (C=O) groups is 1. The molecule has 0 saturated heterocycles. The molecule has 6 heteroatoms. The molecule has 32 heavy (non-hydrogen) atoms. The van der Waals surface area contributed by atoms with Crippen molar-refractivity contribution in [1.82, 2.24) is 4.90 Å². The van der Waals surface area contributed by atoms with Crippen molar-refractivity contribution in [2.24, 2.45) is 0 Å². The molecular weight excluding hydrogens is 426 g/mol. The van der Waals surface area contributed by atoms with Crippen molar-refractivity contribution in [3.05, 3.63) is 110 Å². The van der Waals surface area contributed by atoms with Gasteiger partial charge < -0.3 is 14.1 Å². The van der Waals surface area contributed by atoms with Crippen LogP contribution in [0.3, 0.4) is 0 Å². The first-order valence-corrected chi connectivity index (χ1v) is 10.7. The van der Waals surface area contributed by atoms with Crippen LogP contribution in [0.5, 0.6) is 5.75 Å². The highest BCUT2D eigenvalue weighted by Crippen LogP contribution is 2.38. The molecule has 0 aliphatic carbocycles. The first kappa shape index (κ1) is 20.3. The van der Waals surface area contributed by atoms with E-state index in [4.69, 9.17) is 20.8 Å². The predicted molar refractivity (Wildman–Crippen MR) is 124 cm³/mol. The predicted octanol–water partition coefficient (Wildman–Crippen LogP) is 5.24. The van der Waals surface area contributed by atoms with Crippen LogP contribution in [0.15, 0.2) is 82.0 Å². The van der Waals surface area contributed by atoms with Crippen LogP contribution in [0.1, 0.15) is 33.3 Å². The van der Waals surface area contributed by atoms with Gasteiger partial charge in [0.25, 0.3) is 5.91 Å². The third kappa shape index (κ3) is 3.45. The lowest BCUT2D eigenvalue weighted by Gasteiger charge is -2.25. The quantitative estimate of drug-likeness (QED) is 0.421. The number of benzene rings is 3. The zero-order valence-electron chi connectivity index (χ0n) is 17.4. The van der Waals surface area contributed by atoms with Gasteiger partial charge in [-0.05, 0) is 53.9 Å². The van der Waals surface area contributed by atoms with Crippen LogP contribution >= 0.6 is 11.6 Å². The molecule has 5 nitrogen and oxygen atoms in total. The second-order valence-corrected chi connectivity index (χ2v) is 8.16. The van der Waals surface area contributed by atoms with Crippen molar-refractivity contribution in [2.45, 2.75) is 12.5 Å². The van der Waals surface area contributed by atoms with Gasteiger partial charge in [-0.1, -0.05) is 48.0 Å². The zero-order chi connectivity index (χ0) is 22.2. The Labute approximate surface area is 189 Å². The van der Waals surface area contributed by atoms with E-state index in [0.717, 1.165) is 16.9 Å². The summed E-state index contributed by atoms with van der Waals surface area (Å²) in [5.74, 6) is 0.589. The first-order chi connectivity index (χ1) is 15.6. The lowest BCUT2D eigenvalue weighted by atomic mass is 9.98. The van der Waals surface area contributed by atoms with E-state index in [0.29, 0.717) is 34.5 Å². The summed E-state index contributed by atoms with van der Waals surface area (Å²) < 4.78 is 11.2. The highest BCUT2D eigenvalue weighted by Gasteiger charge is 2.42. The van der Waals surface area contributed by atoms with Crippen LogP contribution in [0.4, 0.5) is 0 Å². The van der Waals surface area contributed by atoms with E-state index in [-0.39, 0.29) is 17.1 Å². The minimum atomic E-state index is -0.560. The molecule has 5 rings (SSSR count). The second kappa shape index (κ2) is 8.17. The number of carbonyl (C=O) groups excluding carboxylic acids is 1. The van der Waals surface area contributed by atoms with Crippen molar-refractivity contribution < 1.29 is 13.9 Å². The van der Waals surface area contributed by atoms with Crippen molar-refractivity contribution in [3.8, 4) is 5.75 Å². The van der Waals surface area contributed by atoms with Gasteiger partial charge in [-0.2, -0.15) is 0 Å². The number of hydrogen-bond acceptors (Lipinski definition) is 4. The van der Waals surface area contributed by atoms with E-state index in [9.17, 15) is 9.59 Å². The maximum Gasteiger partial charge on any atom is 0.290 e. The van der Waals surface area contributed by atoms with E-state index in [1.807, 2.05) is 36.4 Å². The van der Waals surface area contributed by atoms with E-state index < -0.39 is 6.04 Å².